The fraction of sp³-hybridized carbons (Fsp3) is 0.259. The van der Waals surface area contributed by atoms with Gasteiger partial charge in [-0.25, -0.2) is 0 Å². The van der Waals surface area contributed by atoms with E-state index in [2.05, 4.69) is 29.7 Å². The third kappa shape index (κ3) is 5.74. The van der Waals surface area contributed by atoms with Crippen molar-refractivity contribution in [2.75, 3.05) is 5.32 Å². The molecule has 0 spiro atoms. The van der Waals surface area contributed by atoms with Gasteiger partial charge < -0.3 is 15.7 Å². The Morgan fingerprint density at radius 1 is 0.879 bits per heavy atom. The van der Waals surface area contributed by atoms with Gasteiger partial charge in [0.25, 0.3) is 5.91 Å². The molecule has 3 aromatic carbocycles. The number of hydrogen-bond acceptors (Lipinski definition) is 3. The zero-order valence-electron chi connectivity index (χ0n) is 19.5. The van der Waals surface area contributed by atoms with Crippen LogP contribution in [0.4, 0.5) is 5.69 Å². The number of rotatable bonds is 7. The number of amides is 1. The molecule has 3 aromatic rings. The Kier molecular flexibility index (Phi) is 7.44. The maximum atomic E-state index is 12.6. The number of anilines is 1. The normalized spacial score (nSPS) is 12.7. The van der Waals surface area contributed by atoms with Crippen molar-refractivity contribution in [1.29, 1.82) is 0 Å². The summed E-state index contributed by atoms with van der Waals surface area (Å²) in [4.78, 5) is 23.7. The van der Waals surface area contributed by atoms with Gasteiger partial charge in [0.05, 0.1) is 0 Å². The second-order valence-corrected chi connectivity index (χ2v) is 8.88. The summed E-state index contributed by atoms with van der Waals surface area (Å²) in [7, 11) is 0. The zero-order chi connectivity index (χ0) is 24.3. The van der Waals surface area contributed by atoms with Gasteiger partial charge in [0.15, 0.2) is 0 Å². The van der Waals surface area contributed by atoms with Crippen molar-refractivity contribution in [3.8, 4) is 11.1 Å². The Labute approximate surface area is 199 Å². The Morgan fingerprint density at radius 3 is 2.15 bits per heavy atom. The first-order valence-electron chi connectivity index (χ1n) is 10.8. The van der Waals surface area contributed by atoms with Crippen LogP contribution < -0.4 is 10.6 Å². The standard InChI is InChI=1S/C27H29ClN2O3/c1-15-11-20(9-10-24(15)28)18(4)29-23-8-6-7-21(14-23)22-12-16(2)25(17(3)13-22)26(31)30-19(5)27(32)33/h6-14,18-19,29H,1-5H3,(H,30,31)(H,32,33)/t18-,19+/m1/s1. The number of carbonyl (C=O) groups is 2. The fourth-order valence-corrected chi connectivity index (χ4v) is 4.00. The highest BCUT2D eigenvalue weighted by molar-refractivity contribution is 6.31. The van der Waals surface area contributed by atoms with Crippen LogP contribution in [0.2, 0.25) is 5.02 Å². The summed E-state index contributed by atoms with van der Waals surface area (Å²) in [5.41, 5.74) is 7.30. The molecule has 0 aliphatic rings. The number of hydrogen-bond donors (Lipinski definition) is 3. The lowest BCUT2D eigenvalue weighted by Gasteiger charge is -2.18. The monoisotopic (exact) mass is 464 g/mol. The Morgan fingerprint density at radius 2 is 1.55 bits per heavy atom. The average molecular weight is 465 g/mol. The van der Waals surface area contributed by atoms with Crippen LogP contribution in [0, 0.1) is 20.8 Å². The molecule has 0 saturated carbocycles. The van der Waals surface area contributed by atoms with Crippen LogP contribution >= 0.6 is 11.6 Å². The summed E-state index contributed by atoms with van der Waals surface area (Å²) in [6.07, 6.45) is 0. The molecule has 3 N–H and O–H groups in total. The van der Waals surface area contributed by atoms with E-state index in [1.807, 2.05) is 63.2 Å². The Bertz CT molecular complexity index is 1180. The molecule has 0 saturated heterocycles. The van der Waals surface area contributed by atoms with Crippen molar-refractivity contribution in [3.05, 3.63) is 87.4 Å². The number of carboxylic acid groups (broad SMARTS) is 1. The van der Waals surface area contributed by atoms with Crippen LogP contribution in [0.1, 0.15) is 52.5 Å². The number of aliphatic carboxylic acids is 1. The quantitative estimate of drug-likeness (QED) is 0.383. The molecule has 0 bridgehead atoms. The molecule has 5 nitrogen and oxygen atoms in total. The number of carboxylic acids is 1. The fourth-order valence-electron chi connectivity index (χ4n) is 3.88. The van der Waals surface area contributed by atoms with Crippen molar-refractivity contribution in [3.63, 3.8) is 0 Å². The molecule has 0 aliphatic heterocycles. The largest absolute Gasteiger partial charge is 0.480 e. The van der Waals surface area contributed by atoms with Gasteiger partial charge in [0.2, 0.25) is 0 Å². The number of aryl methyl sites for hydroxylation is 3. The molecule has 33 heavy (non-hydrogen) atoms. The predicted octanol–water partition coefficient (Wildman–Crippen LogP) is 6.31. The first-order chi connectivity index (χ1) is 15.6. The summed E-state index contributed by atoms with van der Waals surface area (Å²) >= 11 is 6.16. The van der Waals surface area contributed by atoms with Gasteiger partial charge in [0, 0.05) is 22.3 Å². The van der Waals surface area contributed by atoms with E-state index in [0.717, 1.165) is 44.1 Å². The van der Waals surface area contributed by atoms with Crippen LogP contribution in [-0.2, 0) is 4.79 Å². The van der Waals surface area contributed by atoms with E-state index >= 15 is 0 Å². The lowest BCUT2D eigenvalue weighted by atomic mass is 9.94. The molecule has 6 heteroatoms. The molecule has 2 atom stereocenters. The van der Waals surface area contributed by atoms with E-state index in [1.54, 1.807) is 0 Å². The van der Waals surface area contributed by atoms with Crippen molar-refractivity contribution < 1.29 is 14.7 Å². The third-order valence-corrected chi connectivity index (χ3v) is 6.16. The van der Waals surface area contributed by atoms with Crippen molar-refractivity contribution in [2.24, 2.45) is 0 Å². The lowest BCUT2D eigenvalue weighted by molar-refractivity contribution is -0.138. The van der Waals surface area contributed by atoms with Gasteiger partial charge in [-0.1, -0.05) is 48.0 Å². The van der Waals surface area contributed by atoms with E-state index in [1.165, 1.54) is 6.92 Å². The molecule has 1 amide bonds. The van der Waals surface area contributed by atoms with E-state index < -0.39 is 12.0 Å². The number of nitrogens with one attached hydrogen (secondary N) is 2. The summed E-state index contributed by atoms with van der Waals surface area (Å²) < 4.78 is 0. The number of benzene rings is 3. The molecule has 0 unspecified atom stereocenters. The molecule has 0 heterocycles. The van der Waals surface area contributed by atoms with Gasteiger partial charge >= 0.3 is 5.97 Å². The van der Waals surface area contributed by atoms with Crippen molar-refractivity contribution >= 4 is 29.2 Å². The topological polar surface area (TPSA) is 78.4 Å². The molecule has 0 aromatic heterocycles. The van der Waals surface area contributed by atoms with Gasteiger partial charge in [-0.05, 0) is 86.2 Å². The van der Waals surface area contributed by atoms with E-state index in [0.29, 0.717) is 5.56 Å². The predicted molar refractivity (Wildman–Crippen MR) is 134 cm³/mol. The molecule has 3 rings (SSSR count). The summed E-state index contributed by atoms with van der Waals surface area (Å²) in [5, 5.41) is 15.9. The third-order valence-electron chi connectivity index (χ3n) is 5.74. The molecule has 0 radical (unpaired) electrons. The second-order valence-electron chi connectivity index (χ2n) is 8.47. The second kappa shape index (κ2) is 10.1. The van der Waals surface area contributed by atoms with E-state index in [-0.39, 0.29) is 11.9 Å². The van der Waals surface area contributed by atoms with Crippen LogP contribution in [0.15, 0.2) is 54.6 Å². The minimum atomic E-state index is -1.07. The summed E-state index contributed by atoms with van der Waals surface area (Å²) in [6, 6.07) is 17.2. The average Bonchev–Trinajstić information content (AvgIpc) is 2.75. The highest BCUT2D eigenvalue weighted by Crippen LogP contribution is 2.29. The van der Waals surface area contributed by atoms with Crippen molar-refractivity contribution in [1.82, 2.24) is 5.32 Å². The summed E-state index contributed by atoms with van der Waals surface area (Å²) in [6.45, 7) is 9.28. The SMILES string of the molecule is Cc1cc([C@@H](C)Nc2cccc(-c3cc(C)c(C(=O)N[C@@H](C)C(=O)O)c(C)c3)c2)ccc1Cl. The molecule has 0 fully saturated rings. The van der Waals surface area contributed by atoms with Gasteiger partial charge in [-0.2, -0.15) is 0 Å². The molecular formula is C27H29ClN2O3. The zero-order valence-corrected chi connectivity index (χ0v) is 20.2. The highest BCUT2D eigenvalue weighted by Gasteiger charge is 2.19. The number of halogens is 1. The molecule has 172 valence electrons. The van der Waals surface area contributed by atoms with Crippen LogP contribution in [-0.4, -0.2) is 23.0 Å². The van der Waals surface area contributed by atoms with Gasteiger partial charge in [-0.3, -0.25) is 9.59 Å². The van der Waals surface area contributed by atoms with Gasteiger partial charge in [-0.15, -0.1) is 0 Å². The van der Waals surface area contributed by atoms with Gasteiger partial charge in [0.1, 0.15) is 6.04 Å². The maximum absolute atomic E-state index is 12.6. The van der Waals surface area contributed by atoms with Crippen LogP contribution in [0.3, 0.4) is 0 Å². The van der Waals surface area contributed by atoms with E-state index in [4.69, 9.17) is 16.7 Å². The number of carbonyl (C=O) groups excluding carboxylic acids is 1. The van der Waals surface area contributed by atoms with E-state index in [9.17, 15) is 9.59 Å². The summed E-state index contributed by atoms with van der Waals surface area (Å²) in [5.74, 6) is -1.45. The smallest absolute Gasteiger partial charge is 0.325 e. The maximum Gasteiger partial charge on any atom is 0.325 e. The first kappa shape index (κ1) is 24.3. The van der Waals surface area contributed by atoms with Crippen LogP contribution in [0.25, 0.3) is 11.1 Å². The minimum Gasteiger partial charge on any atom is -0.480 e. The Balaban J connectivity index is 1.84. The first-order valence-corrected chi connectivity index (χ1v) is 11.2. The van der Waals surface area contributed by atoms with Crippen LogP contribution in [0.5, 0.6) is 0 Å². The highest BCUT2D eigenvalue weighted by atomic mass is 35.5. The minimum absolute atomic E-state index is 0.0991. The molecule has 0 aliphatic carbocycles. The lowest BCUT2D eigenvalue weighted by Crippen LogP contribution is -2.38. The Hall–Kier alpha value is -3.31. The van der Waals surface area contributed by atoms with Crippen molar-refractivity contribution in [2.45, 2.75) is 46.7 Å². The molecular weight excluding hydrogens is 436 g/mol.